The van der Waals surface area contributed by atoms with E-state index in [4.69, 9.17) is 10.2 Å². The number of rotatable bonds is 3. The normalized spacial score (nSPS) is 8.43. The maximum atomic E-state index is 10.1. The van der Waals surface area contributed by atoms with Gasteiger partial charge in [-0.25, -0.2) is 0 Å². The van der Waals surface area contributed by atoms with Gasteiger partial charge in [-0.1, -0.05) is 0 Å². The van der Waals surface area contributed by atoms with Crippen LogP contribution in [0.15, 0.2) is 24.3 Å². The summed E-state index contributed by atoms with van der Waals surface area (Å²) in [6.07, 6.45) is 0. The number of hydrogen-bond donors (Lipinski definition) is 3. The zero-order chi connectivity index (χ0) is 11.0. The van der Waals surface area contributed by atoms with Crippen LogP contribution in [-0.4, -0.2) is 22.7 Å². The minimum absolute atomic E-state index is 0.120. The highest BCUT2D eigenvalue weighted by Crippen LogP contribution is 2.12. The fourth-order valence-corrected chi connectivity index (χ4v) is 0.757. The van der Waals surface area contributed by atoms with E-state index in [0.29, 0.717) is 5.69 Å². The second-order valence-electron chi connectivity index (χ2n) is 2.29. The third kappa shape index (κ3) is 5.50. The zero-order valence-electron chi connectivity index (χ0n) is 7.08. The molecule has 0 radical (unpaired) electrons. The van der Waals surface area contributed by atoms with Crippen LogP contribution in [0.25, 0.3) is 0 Å². The third-order valence-corrected chi connectivity index (χ3v) is 1.31. The van der Waals surface area contributed by atoms with Crippen LogP contribution in [0.2, 0.25) is 0 Å². The van der Waals surface area contributed by atoms with Gasteiger partial charge >= 0.3 is 5.97 Å². The standard InChI is InChI=1S/C8H9NO3.Cl2/c10-7-3-1-6(2-4-7)9-5-8(11)12;1-2/h1-4,9-10H,5H2,(H,11,12);. The number of aliphatic carboxylic acids is 1. The number of halogens is 2. The van der Waals surface area contributed by atoms with Gasteiger partial charge in [-0.15, -0.1) is 0 Å². The van der Waals surface area contributed by atoms with E-state index in [-0.39, 0.29) is 12.3 Å². The van der Waals surface area contributed by atoms with Crippen LogP contribution in [-0.2, 0) is 4.79 Å². The molecule has 0 atom stereocenters. The summed E-state index contributed by atoms with van der Waals surface area (Å²) in [5, 5.41) is 19.9. The Hall–Kier alpha value is -1.13. The summed E-state index contributed by atoms with van der Waals surface area (Å²) in [4.78, 5) is 10.1. The first-order chi connectivity index (χ1) is 6.68. The Morgan fingerprint density at radius 1 is 1.29 bits per heavy atom. The molecule has 3 N–H and O–H groups in total. The van der Waals surface area contributed by atoms with Crippen molar-refractivity contribution < 1.29 is 15.0 Å². The van der Waals surface area contributed by atoms with Gasteiger partial charge in [0.2, 0.25) is 0 Å². The molecule has 1 aromatic carbocycles. The Morgan fingerprint density at radius 3 is 2.21 bits per heavy atom. The van der Waals surface area contributed by atoms with E-state index in [1.165, 1.54) is 12.1 Å². The molecule has 0 bridgehead atoms. The van der Waals surface area contributed by atoms with Crippen molar-refractivity contribution in [1.82, 2.24) is 0 Å². The molecule has 0 aliphatic rings. The highest BCUT2D eigenvalue weighted by molar-refractivity contribution is 6.85. The third-order valence-electron chi connectivity index (χ3n) is 1.31. The highest BCUT2D eigenvalue weighted by atomic mass is 36.5. The monoisotopic (exact) mass is 237 g/mol. The van der Waals surface area contributed by atoms with E-state index in [2.05, 4.69) is 27.0 Å². The van der Waals surface area contributed by atoms with Crippen molar-refractivity contribution in [2.75, 3.05) is 11.9 Å². The molecule has 14 heavy (non-hydrogen) atoms. The Balaban J connectivity index is 0.000000791. The lowest BCUT2D eigenvalue weighted by molar-refractivity contribution is -0.134. The molecule has 1 aromatic rings. The molecule has 6 heteroatoms. The summed E-state index contributed by atoms with van der Waals surface area (Å²) < 4.78 is 0. The van der Waals surface area contributed by atoms with E-state index >= 15 is 0 Å². The lowest BCUT2D eigenvalue weighted by atomic mass is 10.3. The number of benzene rings is 1. The molecule has 0 saturated carbocycles. The molecule has 78 valence electrons. The summed E-state index contributed by atoms with van der Waals surface area (Å²) in [6, 6.07) is 6.20. The molecule has 1 rings (SSSR count). The Morgan fingerprint density at radius 2 is 1.79 bits per heavy atom. The van der Waals surface area contributed by atoms with Crippen molar-refractivity contribution in [3.8, 4) is 5.75 Å². The predicted molar refractivity (Wildman–Crippen MR) is 55.9 cm³/mol. The van der Waals surface area contributed by atoms with Crippen molar-refractivity contribution in [3.05, 3.63) is 24.3 Å². The molecule has 0 unspecified atom stereocenters. The average molecular weight is 238 g/mol. The first-order valence-corrected chi connectivity index (χ1v) is 4.72. The summed E-state index contributed by atoms with van der Waals surface area (Å²) in [5.74, 6) is -0.751. The smallest absolute Gasteiger partial charge is 0.322 e. The fourth-order valence-electron chi connectivity index (χ4n) is 0.757. The van der Waals surface area contributed by atoms with Gasteiger partial charge in [0.25, 0.3) is 0 Å². The van der Waals surface area contributed by atoms with E-state index in [1.807, 2.05) is 0 Å². The molecule has 0 spiro atoms. The van der Waals surface area contributed by atoms with Gasteiger partial charge in [0.1, 0.15) is 12.3 Å². The van der Waals surface area contributed by atoms with Gasteiger partial charge in [-0.2, -0.15) is 0 Å². The number of nitrogens with one attached hydrogen (secondary N) is 1. The quantitative estimate of drug-likeness (QED) is 0.706. The first-order valence-electron chi connectivity index (χ1n) is 3.57. The van der Waals surface area contributed by atoms with Crippen LogP contribution < -0.4 is 5.32 Å². The van der Waals surface area contributed by atoms with Gasteiger partial charge in [0.05, 0.1) is 0 Å². The molecule has 0 aliphatic carbocycles. The number of anilines is 1. The Kier molecular flexibility index (Phi) is 6.70. The molecule has 0 heterocycles. The molecule has 0 aromatic heterocycles. The number of carboxylic acids is 1. The van der Waals surface area contributed by atoms with E-state index in [0.717, 1.165) is 0 Å². The first kappa shape index (κ1) is 12.9. The minimum atomic E-state index is -0.914. The molecular formula is C8H9Cl2NO3. The Labute approximate surface area is 90.7 Å². The van der Waals surface area contributed by atoms with Crippen molar-refractivity contribution in [3.63, 3.8) is 0 Å². The lowest BCUT2D eigenvalue weighted by Gasteiger charge is -2.01. The zero-order valence-corrected chi connectivity index (χ0v) is 8.59. The predicted octanol–water partition coefficient (Wildman–Crippen LogP) is 2.27. The van der Waals surface area contributed by atoms with Gasteiger partial charge in [0.15, 0.2) is 0 Å². The van der Waals surface area contributed by atoms with Gasteiger partial charge in [-0.3, -0.25) is 4.79 Å². The molecule has 4 nitrogen and oxygen atoms in total. The van der Waals surface area contributed by atoms with E-state index in [1.54, 1.807) is 12.1 Å². The molecule has 0 fully saturated rings. The van der Waals surface area contributed by atoms with Crippen molar-refractivity contribution >= 4 is 33.4 Å². The molecule has 0 amide bonds. The fraction of sp³-hybridized carbons (Fsp3) is 0.125. The minimum Gasteiger partial charge on any atom is -0.508 e. The summed E-state index contributed by atoms with van der Waals surface area (Å²) >= 11 is 0. The van der Waals surface area contributed by atoms with Gasteiger partial charge in [0, 0.05) is 27.4 Å². The van der Waals surface area contributed by atoms with Crippen LogP contribution >= 0.6 is 21.7 Å². The van der Waals surface area contributed by atoms with Crippen LogP contribution in [0.4, 0.5) is 5.69 Å². The highest BCUT2D eigenvalue weighted by Gasteiger charge is 1.95. The largest absolute Gasteiger partial charge is 0.508 e. The van der Waals surface area contributed by atoms with E-state index < -0.39 is 5.97 Å². The second-order valence-corrected chi connectivity index (χ2v) is 2.29. The van der Waals surface area contributed by atoms with E-state index in [9.17, 15) is 4.79 Å². The van der Waals surface area contributed by atoms with Gasteiger partial charge < -0.3 is 15.5 Å². The Bertz CT molecular complexity index is 276. The number of carboxylic acid groups (broad SMARTS) is 1. The number of hydrogen-bond acceptors (Lipinski definition) is 3. The molecule has 0 aliphatic heterocycles. The number of carbonyl (C=O) groups is 1. The molecular weight excluding hydrogens is 229 g/mol. The maximum absolute atomic E-state index is 10.1. The topological polar surface area (TPSA) is 69.6 Å². The second kappa shape index (κ2) is 7.29. The van der Waals surface area contributed by atoms with Crippen molar-refractivity contribution in [2.45, 2.75) is 0 Å². The van der Waals surface area contributed by atoms with Crippen LogP contribution in [0.5, 0.6) is 5.75 Å². The number of phenols is 1. The van der Waals surface area contributed by atoms with Crippen LogP contribution in [0, 0.1) is 0 Å². The maximum Gasteiger partial charge on any atom is 0.322 e. The van der Waals surface area contributed by atoms with Crippen molar-refractivity contribution in [2.24, 2.45) is 0 Å². The van der Waals surface area contributed by atoms with Crippen LogP contribution in [0.3, 0.4) is 0 Å². The van der Waals surface area contributed by atoms with Crippen molar-refractivity contribution in [1.29, 1.82) is 0 Å². The van der Waals surface area contributed by atoms with Gasteiger partial charge in [-0.05, 0) is 24.3 Å². The molecule has 0 saturated heterocycles. The number of aromatic hydroxyl groups is 1. The summed E-state index contributed by atoms with van der Waals surface area (Å²) in [5.41, 5.74) is 0.676. The lowest BCUT2D eigenvalue weighted by Crippen LogP contribution is -2.11. The SMILES string of the molecule is ClCl.O=C(O)CNc1ccc(O)cc1. The summed E-state index contributed by atoms with van der Waals surface area (Å²) in [7, 11) is 8.22. The number of phenolic OH excluding ortho intramolecular Hbond substituents is 1. The average Bonchev–Trinajstić information content (AvgIpc) is 2.20. The van der Waals surface area contributed by atoms with Crippen LogP contribution in [0.1, 0.15) is 0 Å². The summed E-state index contributed by atoms with van der Waals surface area (Å²) in [6.45, 7) is -0.120.